The lowest BCUT2D eigenvalue weighted by molar-refractivity contribution is 0.195. The molecular weight excluding hydrogens is 250 g/mol. The molecule has 0 aliphatic carbocycles. The van der Waals surface area contributed by atoms with Crippen molar-refractivity contribution in [2.24, 2.45) is 12.8 Å². The van der Waals surface area contributed by atoms with Crippen LogP contribution in [0.5, 0.6) is 0 Å². The molecule has 0 amide bonds. The highest BCUT2D eigenvalue weighted by atomic mass is 15.2. The van der Waals surface area contributed by atoms with Crippen LogP contribution in [0.4, 0.5) is 0 Å². The number of likely N-dealkylation sites (N-methyl/N-ethyl adjacent to an activating group) is 1. The molecule has 2 unspecified atom stereocenters. The fourth-order valence-corrected chi connectivity index (χ4v) is 2.47. The fraction of sp³-hybridized carbons (Fsp3) is 0.467. The molecule has 0 aromatic carbocycles. The largest absolute Gasteiger partial charge is 0.337 e. The van der Waals surface area contributed by atoms with Crippen molar-refractivity contribution in [2.75, 3.05) is 7.05 Å². The van der Waals surface area contributed by atoms with E-state index in [1.807, 2.05) is 36.3 Å². The van der Waals surface area contributed by atoms with Gasteiger partial charge < -0.3 is 10.3 Å². The lowest BCUT2D eigenvalue weighted by Gasteiger charge is -2.32. The highest BCUT2D eigenvalue weighted by molar-refractivity contribution is 5.16. The van der Waals surface area contributed by atoms with E-state index in [1.54, 1.807) is 6.20 Å². The van der Waals surface area contributed by atoms with Crippen LogP contribution in [-0.4, -0.2) is 32.5 Å². The van der Waals surface area contributed by atoms with Crippen molar-refractivity contribution in [3.05, 3.63) is 48.3 Å². The normalized spacial score (nSPS) is 14.4. The van der Waals surface area contributed by atoms with Crippen LogP contribution in [0.1, 0.15) is 30.8 Å². The number of rotatable bonds is 6. The number of hydrogen-bond acceptors (Lipinski definition) is 4. The lowest BCUT2D eigenvalue weighted by Crippen LogP contribution is -2.39. The van der Waals surface area contributed by atoms with E-state index in [2.05, 4.69) is 34.9 Å². The molecule has 108 valence electrons. The molecule has 2 atom stereocenters. The summed E-state index contributed by atoms with van der Waals surface area (Å²) in [6, 6.07) is 4.26. The molecule has 2 heterocycles. The van der Waals surface area contributed by atoms with Crippen LogP contribution < -0.4 is 5.73 Å². The van der Waals surface area contributed by atoms with Crippen LogP contribution in [0.3, 0.4) is 0 Å². The summed E-state index contributed by atoms with van der Waals surface area (Å²) in [7, 11) is 4.09. The zero-order chi connectivity index (χ0) is 14.5. The second-order valence-corrected chi connectivity index (χ2v) is 5.17. The van der Waals surface area contributed by atoms with E-state index >= 15 is 0 Å². The number of nitrogens with zero attached hydrogens (tertiary/aromatic N) is 4. The molecule has 0 aliphatic rings. The molecule has 0 bridgehead atoms. The number of nitrogens with two attached hydrogens (primary N) is 1. The van der Waals surface area contributed by atoms with E-state index in [9.17, 15) is 0 Å². The molecule has 5 heteroatoms. The van der Waals surface area contributed by atoms with Crippen molar-refractivity contribution in [3.63, 3.8) is 0 Å². The zero-order valence-electron chi connectivity index (χ0n) is 12.4. The minimum absolute atomic E-state index is 0.0736. The van der Waals surface area contributed by atoms with Gasteiger partial charge in [-0.2, -0.15) is 0 Å². The maximum Gasteiger partial charge on any atom is 0.122 e. The maximum absolute atomic E-state index is 6.32. The third-order valence-electron chi connectivity index (χ3n) is 3.69. The molecule has 2 rings (SSSR count). The van der Waals surface area contributed by atoms with Gasteiger partial charge in [0, 0.05) is 37.9 Å². The highest BCUT2D eigenvalue weighted by Gasteiger charge is 2.24. The second kappa shape index (κ2) is 6.63. The smallest absolute Gasteiger partial charge is 0.122 e. The van der Waals surface area contributed by atoms with Crippen LogP contribution in [0.15, 0.2) is 36.9 Å². The van der Waals surface area contributed by atoms with Gasteiger partial charge in [-0.1, -0.05) is 13.0 Å². The molecule has 0 spiro atoms. The van der Waals surface area contributed by atoms with Gasteiger partial charge >= 0.3 is 0 Å². The maximum atomic E-state index is 6.32. The van der Waals surface area contributed by atoms with Crippen molar-refractivity contribution in [1.29, 1.82) is 0 Å². The van der Waals surface area contributed by atoms with E-state index in [-0.39, 0.29) is 12.1 Å². The van der Waals surface area contributed by atoms with E-state index < -0.39 is 0 Å². The topological polar surface area (TPSA) is 60.0 Å². The average Bonchev–Trinajstić information content (AvgIpc) is 2.85. The molecule has 0 aliphatic heterocycles. The Morgan fingerprint density at radius 1 is 1.40 bits per heavy atom. The van der Waals surface area contributed by atoms with Gasteiger partial charge in [0.1, 0.15) is 5.82 Å². The summed E-state index contributed by atoms with van der Waals surface area (Å²) >= 11 is 0. The van der Waals surface area contributed by atoms with Crippen molar-refractivity contribution >= 4 is 0 Å². The van der Waals surface area contributed by atoms with Gasteiger partial charge in [0.15, 0.2) is 0 Å². The molecule has 0 fully saturated rings. The average molecular weight is 273 g/mol. The van der Waals surface area contributed by atoms with Gasteiger partial charge in [0.2, 0.25) is 0 Å². The number of aromatic nitrogens is 3. The number of imidazole rings is 1. The molecule has 0 radical (unpaired) electrons. The molecule has 2 aromatic rings. The van der Waals surface area contributed by atoms with Gasteiger partial charge in [0.25, 0.3) is 0 Å². The monoisotopic (exact) mass is 273 g/mol. The van der Waals surface area contributed by atoms with Crippen LogP contribution >= 0.6 is 0 Å². The summed E-state index contributed by atoms with van der Waals surface area (Å²) in [5, 5.41) is 0. The summed E-state index contributed by atoms with van der Waals surface area (Å²) in [6.07, 6.45) is 8.39. The van der Waals surface area contributed by atoms with Crippen LogP contribution in [0.25, 0.3) is 0 Å². The van der Waals surface area contributed by atoms with Crippen molar-refractivity contribution in [1.82, 2.24) is 19.4 Å². The molecule has 5 nitrogen and oxygen atoms in total. The first-order chi connectivity index (χ1) is 9.63. The Kier molecular flexibility index (Phi) is 4.87. The van der Waals surface area contributed by atoms with E-state index in [0.29, 0.717) is 0 Å². The summed E-state index contributed by atoms with van der Waals surface area (Å²) in [5.74, 6) is 1.03. The Bertz CT molecular complexity index is 522. The van der Waals surface area contributed by atoms with Gasteiger partial charge in [0.05, 0.1) is 12.6 Å². The Morgan fingerprint density at radius 3 is 2.75 bits per heavy atom. The second-order valence-electron chi connectivity index (χ2n) is 5.17. The lowest BCUT2D eigenvalue weighted by atomic mass is 9.98. The summed E-state index contributed by atoms with van der Waals surface area (Å²) in [5.41, 5.74) is 7.47. The number of aryl methyl sites for hydroxylation is 1. The van der Waals surface area contributed by atoms with E-state index in [0.717, 1.165) is 24.4 Å². The van der Waals surface area contributed by atoms with Gasteiger partial charge in [-0.3, -0.25) is 9.88 Å². The van der Waals surface area contributed by atoms with Gasteiger partial charge in [-0.15, -0.1) is 0 Å². The summed E-state index contributed by atoms with van der Waals surface area (Å²) in [6.45, 7) is 2.87. The fourth-order valence-electron chi connectivity index (χ4n) is 2.47. The van der Waals surface area contributed by atoms with Gasteiger partial charge in [-0.25, -0.2) is 4.98 Å². The Hall–Kier alpha value is -1.72. The first-order valence-electron chi connectivity index (χ1n) is 6.95. The predicted molar refractivity (Wildman–Crippen MR) is 79.9 cm³/mol. The van der Waals surface area contributed by atoms with Crippen LogP contribution in [0, 0.1) is 0 Å². The Labute approximate surface area is 120 Å². The van der Waals surface area contributed by atoms with Gasteiger partial charge in [-0.05, 0) is 25.1 Å². The quantitative estimate of drug-likeness (QED) is 0.870. The van der Waals surface area contributed by atoms with Crippen molar-refractivity contribution in [2.45, 2.75) is 32.0 Å². The number of hydrogen-bond donors (Lipinski definition) is 1. The minimum Gasteiger partial charge on any atom is -0.337 e. The molecule has 0 saturated heterocycles. The third kappa shape index (κ3) is 3.23. The van der Waals surface area contributed by atoms with Crippen molar-refractivity contribution < 1.29 is 0 Å². The van der Waals surface area contributed by atoms with Crippen molar-refractivity contribution in [3.8, 4) is 0 Å². The minimum atomic E-state index is 0.0736. The van der Waals surface area contributed by atoms with Crippen LogP contribution in [-0.2, 0) is 13.6 Å². The summed E-state index contributed by atoms with van der Waals surface area (Å²) in [4.78, 5) is 10.8. The van der Waals surface area contributed by atoms with Crippen LogP contribution in [0.2, 0.25) is 0 Å². The first kappa shape index (κ1) is 14.7. The Balaban J connectivity index is 2.21. The SMILES string of the molecule is CCC(N)C(c1cccnc1)N(C)Cc1nccn1C. The highest BCUT2D eigenvalue weighted by Crippen LogP contribution is 2.24. The standard InChI is InChI=1S/C15H23N5/c1-4-13(16)15(12-6-5-7-17-10-12)20(3)11-14-18-8-9-19(14)2/h5-10,13,15H,4,11,16H2,1-3H3. The number of pyridine rings is 1. The molecule has 2 aromatic heterocycles. The molecule has 2 N–H and O–H groups in total. The molecule has 0 saturated carbocycles. The predicted octanol–water partition coefficient (Wildman–Crippen LogP) is 1.73. The van der Waals surface area contributed by atoms with E-state index in [1.165, 1.54) is 0 Å². The Morgan fingerprint density at radius 2 is 2.20 bits per heavy atom. The van der Waals surface area contributed by atoms with E-state index in [4.69, 9.17) is 5.73 Å². The zero-order valence-corrected chi connectivity index (χ0v) is 12.4. The third-order valence-corrected chi connectivity index (χ3v) is 3.69. The first-order valence-corrected chi connectivity index (χ1v) is 6.95. The molecular formula is C15H23N5. The summed E-state index contributed by atoms with van der Waals surface area (Å²) < 4.78 is 2.04. The molecule has 20 heavy (non-hydrogen) atoms.